The summed E-state index contributed by atoms with van der Waals surface area (Å²) in [5.41, 5.74) is 0.251. The molecule has 0 radical (unpaired) electrons. The molecule has 3 atom stereocenters. The Bertz CT molecular complexity index is 259. The molecule has 1 fully saturated rings. The summed E-state index contributed by atoms with van der Waals surface area (Å²) < 4.78 is 5.20. The van der Waals surface area contributed by atoms with Gasteiger partial charge in [0.05, 0.1) is 0 Å². The number of methoxy groups -OCH3 is 1. The highest BCUT2D eigenvalue weighted by Crippen LogP contribution is 2.38. The van der Waals surface area contributed by atoms with Gasteiger partial charge in [0.1, 0.15) is 0 Å². The van der Waals surface area contributed by atoms with Crippen LogP contribution >= 0.6 is 0 Å². The standard InChI is InChI=1S/C19H39NO/c1-6-9-16-11-12-18(15-20-19(2,3)4)17(14-16)10-7-8-13-21-5/h16-18,20H,6-15H2,1-5H3. The summed E-state index contributed by atoms with van der Waals surface area (Å²) in [6, 6.07) is 0. The first-order chi connectivity index (χ1) is 9.96. The van der Waals surface area contributed by atoms with Gasteiger partial charge in [0.2, 0.25) is 0 Å². The largest absolute Gasteiger partial charge is 0.385 e. The second-order valence-electron chi connectivity index (χ2n) is 8.11. The van der Waals surface area contributed by atoms with E-state index in [1.165, 1.54) is 57.9 Å². The third-order valence-corrected chi connectivity index (χ3v) is 5.01. The molecule has 0 aromatic rings. The van der Waals surface area contributed by atoms with E-state index in [2.05, 4.69) is 33.0 Å². The second kappa shape index (κ2) is 9.84. The van der Waals surface area contributed by atoms with Crippen molar-refractivity contribution >= 4 is 0 Å². The molecule has 1 aliphatic rings. The van der Waals surface area contributed by atoms with Gasteiger partial charge in [-0.25, -0.2) is 0 Å². The van der Waals surface area contributed by atoms with E-state index in [4.69, 9.17) is 4.74 Å². The van der Waals surface area contributed by atoms with Gasteiger partial charge in [-0.1, -0.05) is 39.0 Å². The molecule has 2 nitrogen and oxygen atoms in total. The number of ether oxygens (including phenoxy) is 1. The van der Waals surface area contributed by atoms with Crippen LogP contribution in [0.2, 0.25) is 0 Å². The summed E-state index contributed by atoms with van der Waals surface area (Å²) in [4.78, 5) is 0. The van der Waals surface area contributed by atoms with Crippen LogP contribution in [0.3, 0.4) is 0 Å². The molecule has 2 heteroatoms. The Morgan fingerprint density at radius 1 is 1.05 bits per heavy atom. The Labute approximate surface area is 133 Å². The Hall–Kier alpha value is -0.0800. The number of hydrogen-bond acceptors (Lipinski definition) is 2. The number of nitrogens with one attached hydrogen (secondary N) is 1. The highest BCUT2D eigenvalue weighted by molar-refractivity contribution is 4.83. The Balaban J connectivity index is 2.44. The zero-order valence-corrected chi connectivity index (χ0v) is 15.2. The molecular weight excluding hydrogens is 258 g/mol. The minimum atomic E-state index is 0.251. The van der Waals surface area contributed by atoms with Crippen LogP contribution in [0.25, 0.3) is 0 Å². The number of rotatable bonds is 9. The summed E-state index contributed by atoms with van der Waals surface area (Å²) >= 11 is 0. The van der Waals surface area contributed by atoms with Crippen molar-refractivity contribution in [2.24, 2.45) is 17.8 Å². The first kappa shape index (κ1) is 19.0. The lowest BCUT2D eigenvalue weighted by Crippen LogP contribution is -2.42. The molecule has 0 aliphatic heterocycles. The maximum atomic E-state index is 5.20. The van der Waals surface area contributed by atoms with E-state index in [-0.39, 0.29) is 5.54 Å². The summed E-state index contributed by atoms with van der Waals surface area (Å²) in [5.74, 6) is 2.81. The van der Waals surface area contributed by atoms with Gasteiger partial charge in [0, 0.05) is 19.3 Å². The number of unbranched alkanes of at least 4 members (excludes halogenated alkanes) is 1. The summed E-state index contributed by atoms with van der Waals surface area (Å²) in [6.07, 6.45) is 11.1. The van der Waals surface area contributed by atoms with Crippen LogP contribution in [-0.4, -0.2) is 25.8 Å². The fourth-order valence-corrected chi connectivity index (χ4v) is 3.81. The maximum absolute atomic E-state index is 5.20. The van der Waals surface area contributed by atoms with E-state index < -0.39 is 0 Å². The molecule has 1 N–H and O–H groups in total. The van der Waals surface area contributed by atoms with E-state index in [9.17, 15) is 0 Å². The van der Waals surface area contributed by atoms with Crippen LogP contribution in [0, 0.1) is 17.8 Å². The van der Waals surface area contributed by atoms with Gasteiger partial charge in [-0.15, -0.1) is 0 Å². The highest BCUT2D eigenvalue weighted by Gasteiger charge is 2.30. The Morgan fingerprint density at radius 3 is 2.43 bits per heavy atom. The van der Waals surface area contributed by atoms with Gasteiger partial charge < -0.3 is 10.1 Å². The molecule has 0 aromatic carbocycles. The Morgan fingerprint density at radius 2 is 1.81 bits per heavy atom. The molecule has 3 unspecified atom stereocenters. The minimum Gasteiger partial charge on any atom is -0.385 e. The lowest BCUT2D eigenvalue weighted by molar-refractivity contribution is 0.142. The van der Waals surface area contributed by atoms with Gasteiger partial charge in [-0.05, 0) is 64.3 Å². The maximum Gasteiger partial charge on any atom is 0.0462 e. The van der Waals surface area contributed by atoms with Crippen LogP contribution in [-0.2, 0) is 4.74 Å². The van der Waals surface area contributed by atoms with Crippen molar-refractivity contribution in [1.82, 2.24) is 5.32 Å². The fraction of sp³-hybridized carbons (Fsp3) is 1.00. The third kappa shape index (κ3) is 8.21. The quantitative estimate of drug-likeness (QED) is 0.603. The lowest BCUT2D eigenvalue weighted by Gasteiger charge is -2.38. The molecular formula is C19H39NO. The van der Waals surface area contributed by atoms with Gasteiger partial charge in [0.25, 0.3) is 0 Å². The van der Waals surface area contributed by atoms with Crippen LogP contribution in [0.4, 0.5) is 0 Å². The molecule has 0 spiro atoms. The molecule has 126 valence electrons. The van der Waals surface area contributed by atoms with Crippen LogP contribution in [0.1, 0.15) is 79.1 Å². The number of hydrogen-bond donors (Lipinski definition) is 1. The molecule has 0 amide bonds. The molecule has 0 saturated heterocycles. The minimum absolute atomic E-state index is 0.251. The summed E-state index contributed by atoms with van der Waals surface area (Å²) in [6.45, 7) is 11.3. The summed E-state index contributed by atoms with van der Waals surface area (Å²) in [5, 5.41) is 3.75. The highest BCUT2D eigenvalue weighted by atomic mass is 16.5. The van der Waals surface area contributed by atoms with Crippen molar-refractivity contribution in [3.63, 3.8) is 0 Å². The first-order valence-corrected chi connectivity index (χ1v) is 9.20. The van der Waals surface area contributed by atoms with E-state index in [1.54, 1.807) is 0 Å². The summed E-state index contributed by atoms with van der Waals surface area (Å²) in [7, 11) is 1.81. The molecule has 21 heavy (non-hydrogen) atoms. The average molecular weight is 298 g/mol. The first-order valence-electron chi connectivity index (χ1n) is 9.20. The van der Waals surface area contributed by atoms with E-state index in [0.29, 0.717) is 0 Å². The van der Waals surface area contributed by atoms with Gasteiger partial charge >= 0.3 is 0 Å². The van der Waals surface area contributed by atoms with Crippen molar-refractivity contribution in [1.29, 1.82) is 0 Å². The molecule has 1 rings (SSSR count). The normalized spacial score (nSPS) is 27.0. The zero-order valence-electron chi connectivity index (χ0n) is 15.2. The van der Waals surface area contributed by atoms with Gasteiger partial charge in [-0.3, -0.25) is 0 Å². The smallest absolute Gasteiger partial charge is 0.0462 e. The van der Waals surface area contributed by atoms with E-state index >= 15 is 0 Å². The fourth-order valence-electron chi connectivity index (χ4n) is 3.81. The molecule has 0 bridgehead atoms. The predicted molar refractivity (Wildman–Crippen MR) is 92.7 cm³/mol. The topological polar surface area (TPSA) is 21.3 Å². The van der Waals surface area contributed by atoms with Crippen molar-refractivity contribution in [2.75, 3.05) is 20.3 Å². The lowest BCUT2D eigenvalue weighted by atomic mass is 9.71. The third-order valence-electron chi connectivity index (χ3n) is 5.01. The van der Waals surface area contributed by atoms with Gasteiger partial charge in [0.15, 0.2) is 0 Å². The van der Waals surface area contributed by atoms with Crippen LogP contribution in [0.5, 0.6) is 0 Å². The van der Waals surface area contributed by atoms with Crippen LogP contribution in [0.15, 0.2) is 0 Å². The van der Waals surface area contributed by atoms with Crippen LogP contribution < -0.4 is 5.32 Å². The Kier molecular flexibility index (Phi) is 8.89. The van der Waals surface area contributed by atoms with E-state index in [0.717, 1.165) is 24.4 Å². The van der Waals surface area contributed by atoms with Crippen molar-refractivity contribution in [3.8, 4) is 0 Å². The zero-order chi connectivity index (χ0) is 15.7. The van der Waals surface area contributed by atoms with Crippen molar-refractivity contribution < 1.29 is 4.74 Å². The molecule has 0 heterocycles. The van der Waals surface area contributed by atoms with E-state index in [1.807, 2.05) is 7.11 Å². The van der Waals surface area contributed by atoms with Crippen molar-refractivity contribution in [3.05, 3.63) is 0 Å². The second-order valence-corrected chi connectivity index (χ2v) is 8.11. The van der Waals surface area contributed by atoms with Gasteiger partial charge in [-0.2, -0.15) is 0 Å². The molecule has 1 aliphatic carbocycles. The van der Waals surface area contributed by atoms with Crippen molar-refractivity contribution in [2.45, 2.75) is 84.6 Å². The molecule has 1 saturated carbocycles. The predicted octanol–water partition coefficient (Wildman–Crippen LogP) is 5.02. The molecule has 0 aromatic heterocycles. The average Bonchev–Trinajstić information content (AvgIpc) is 2.42. The SMILES string of the molecule is CCCC1CCC(CNC(C)(C)C)C(CCCCOC)C1. The monoisotopic (exact) mass is 297 g/mol.